The van der Waals surface area contributed by atoms with E-state index in [-0.39, 0.29) is 59.5 Å². The van der Waals surface area contributed by atoms with Crippen LogP contribution in [0.2, 0.25) is 0 Å². The van der Waals surface area contributed by atoms with Gasteiger partial charge in [-0.05, 0) is 0 Å². The Kier molecular flexibility index (Phi) is 11.4. The predicted molar refractivity (Wildman–Crippen MR) is 137 cm³/mol. The van der Waals surface area contributed by atoms with Crippen molar-refractivity contribution in [3.05, 3.63) is 59.7 Å². The monoisotopic (exact) mass is 742 g/mol. The third-order valence-electron chi connectivity index (χ3n) is 5.63. The summed E-state index contributed by atoms with van der Waals surface area (Å²) < 4.78 is 31.7. The van der Waals surface area contributed by atoms with Crippen molar-refractivity contribution in [1.29, 1.82) is 0 Å². The molecule has 0 saturated heterocycles. The topological polar surface area (TPSA) is 91.7 Å². The summed E-state index contributed by atoms with van der Waals surface area (Å²) in [5.74, 6) is -0.916. The maximum absolute atomic E-state index is 13.4. The van der Waals surface area contributed by atoms with Gasteiger partial charge in [0.1, 0.15) is 0 Å². The number of Topliss-reactive ketones (excluding diaryl/α,β-unsaturated/α-hetero) is 1. The number of carbonyl (C=O) groups excluding carboxylic acids is 1. The van der Waals surface area contributed by atoms with Crippen LogP contribution in [-0.2, 0) is 32.3 Å². The van der Waals surface area contributed by atoms with E-state index in [1.165, 1.54) is 24.8 Å². The Morgan fingerprint density at radius 2 is 1.42 bits per heavy atom. The second kappa shape index (κ2) is 13.0. The number of rotatable bonds is 13. The molecule has 8 heteroatoms. The molecule has 2 aromatic rings. The molecule has 0 unspecified atom stereocenters. The third-order valence-corrected chi connectivity index (χ3v) is 14.6. The molecule has 204 valence electrons. The summed E-state index contributed by atoms with van der Waals surface area (Å²) in [5.41, 5.74) is 0.452. The van der Waals surface area contributed by atoms with E-state index < -0.39 is 26.8 Å². The summed E-state index contributed by atoms with van der Waals surface area (Å²) >= 11 is -0.461. The molecule has 0 radical (unpaired) electrons. The number of ketones is 1. The number of hydrogen-bond donors (Lipinski definition) is 2. The van der Waals surface area contributed by atoms with Crippen LogP contribution in [0.15, 0.2) is 35.2 Å². The fraction of sp³-hybridized carbons (Fsp3) is 0.536. The van der Waals surface area contributed by atoms with Crippen molar-refractivity contribution in [1.82, 2.24) is 0 Å². The number of aliphatic hydroxyl groups is 2. The molecule has 0 aliphatic heterocycles. The SMILES string of the molecule is CCC[I-]c1ccc(C)c([I-]CCC)c1CC(=O)CS(=O)(=O)c1cc(C(C)(C)O)cc(C(C)(C)O)c1. The molecular formula is C28H40I2O5S-2. The summed E-state index contributed by atoms with van der Waals surface area (Å²) in [6, 6.07) is 8.76. The molecule has 0 bridgehead atoms. The van der Waals surface area contributed by atoms with Crippen LogP contribution in [0.1, 0.15) is 76.6 Å². The van der Waals surface area contributed by atoms with E-state index in [0.29, 0.717) is 11.1 Å². The number of carbonyl (C=O) groups is 1. The second-order valence-corrected chi connectivity index (χ2v) is 18.1. The van der Waals surface area contributed by atoms with Crippen molar-refractivity contribution in [2.75, 3.05) is 14.6 Å². The van der Waals surface area contributed by atoms with Crippen molar-refractivity contribution in [3.63, 3.8) is 0 Å². The Labute approximate surface area is 237 Å². The van der Waals surface area contributed by atoms with E-state index in [4.69, 9.17) is 0 Å². The van der Waals surface area contributed by atoms with Crippen LogP contribution in [0.5, 0.6) is 0 Å². The number of hydrogen-bond acceptors (Lipinski definition) is 5. The molecule has 0 aliphatic carbocycles. The standard InChI is InChI=1S/C28H40I2O5S/c1-8-12-29-25-11-10-19(3)26(30-13-9-2)24(25)17-22(31)18-36(34,35)23-15-20(27(4,5)32)14-21(16-23)28(6,7)33/h10-11,14-16,32-33H,8-9,12-13,17-18H2,1-7H3/q-2. The van der Waals surface area contributed by atoms with Gasteiger partial charge in [0, 0.05) is 0 Å². The Morgan fingerprint density at radius 3 is 1.92 bits per heavy atom. The quantitative estimate of drug-likeness (QED) is 0.190. The number of alkyl halides is 2. The Balaban J connectivity index is 2.45. The molecule has 0 heterocycles. The molecule has 0 saturated carbocycles. The summed E-state index contributed by atoms with van der Waals surface area (Å²) in [7, 11) is -3.97. The molecule has 0 atom stereocenters. The molecule has 36 heavy (non-hydrogen) atoms. The normalized spacial score (nSPS) is 12.9. The van der Waals surface area contributed by atoms with Gasteiger partial charge in [0.25, 0.3) is 0 Å². The second-order valence-electron chi connectivity index (χ2n) is 10.1. The molecule has 0 aliphatic rings. The van der Waals surface area contributed by atoms with Crippen molar-refractivity contribution < 1.29 is 65.8 Å². The average Bonchev–Trinajstić information content (AvgIpc) is 2.76. The van der Waals surface area contributed by atoms with Gasteiger partial charge in [0.15, 0.2) is 0 Å². The molecule has 0 spiro atoms. The maximum atomic E-state index is 13.4. The van der Waals surface area contributed by atoms with E-state index in [1.807, 2.05) is 0 Å². The van der Waals surface area contributed by atoms with E-state index in [1.54, 1.807) is 33.8 Å². The van der Waals surface area contributed by atoms with E-state index >= 15 is 0 Å². The van der Waals surface area contributed by atoms with Crippen molar-refractivity contribution in [3.8, 4) is 0 Å². The Morgan fingerprint density at radius 1 is 0.889 bits per heavy atom. The first-order valence-corrected chi connectivity index (χ1v) is 19.1. The van der Waals surface area contributed by atoms with Gasteiger partial charge in [-0.15, -0.1) is 0 Å². The molecule has 5 nitrogen and oxygen atoms in total. The number of aryl methyl sites for hydroxylation is 1. The van der Waals surface area contributed by atoms with Gasteiger partial charge >= 0.3 is 240 Å². The molecule has 2 rings (SSSR count). The fourth-order valence-electron chi connectivity index (χ4n) is 3.60. The summed E-state index contributed by atoms with van der Waals surface area (Å²) in [6.07, 6.45) is 2.34. The summed E-state index contributed by atoms with van der Waals surface area (Å²) in [5, 5.41) is 21.1. The molecular weight excluding hydrogens is 702 g/mol. The van der Waals surface area contributed by atoms with Gasteiger partial charge in [-0.2, -0.15) is 0 Å². The van der Waals surface area contributed by atoms with Crippen molar-refractivity contribution in [2.24, 2.45) is 0 Å². The van der Waals surface area contributed by atoms with Gasteiger partial charge in [-0.25, -0.2) is 0 Å². The summed E-state index contributed by atoms with van der Waals surface area (Å²) in [6.45, 7) is 12.7. The Bertz CT molecular complexity index is 1140. The summed E-state index contributed by atoms with van der Waals surface area (Å²) in [4.78, 5) is 13.2. The number of halogens is 2. The molecule has 2 aromatic carbocycles. The first-order valence-electron chi connectivity index (χ1n) is 12.3. The molecule has 0 aromatic heterocycles. The van der Waals surface area contributed by atoms with Crippen LogP contribution in [0.25, 0.3) is 0 Å². The minimum absolute atomic E-state index is 0.0471. The molecule has 0 amide bonds. The van der Waals surface area contributed by atoms with Gasteiger partial charge in [-0.3, -0.25) is 0 Å². The fourth-order valence-corrected chi connectivity index (χ4v) is 10.7. The first kappa shape index (κ1) is 31.7. The van der Waals surface area contributed by atoms with Crippen LogP contribution < -0.4 is 42.4 Å². The van der Waals surface area contributed by atoms with Crippen LogP contribution in [0.3, 0.4) is 0 Å². The zero-order chi connectivity index (χ0) is 27.3. The third kappa shape index (κ3) is 8.74. The average molecular weight is 742 g/mol. The Hall–Kier alpha value is -0.560. The number of sulfone groups is 1. The van der Waals surface area contributed by atoms with Gasteiger partial charge < -0.3 is 0 Å². The zero-order valence-electron chi connectivity index (χ0n) is 22.4. The minimum atomic E-state index is -3.97. The predicted octanol–water partition coefficient (Wildman–Crippen LogP) is -1.63. The first-order chi connectivity index (χ1) is 16.6. The van der Waals surface area contributed by atoms with Crippen molar-refractivity contribution in [2.45, 2.75) is 83.8 Å². The molecule has 0 fully saturated rings. The van der Waals surface area contributed by atoms with Crippen LogP contribution in [0, 0.1) is 14.1 Å². The van der Waals surface area contributed by atoms with Crippen LogP contribution >= 0.6 is 0 Å². The van der Waals surface area contributed by atoms with Crippen molar-refractivity contribution >= 4 is 15.6 Å². The van der Waals surface area contributed by atoms with E-state index in [2.05, 4.69) is 32.9 Å². The van der Waals surface area contributed by atoms with Crippen LogP contribution in [-0.4, -0.2) is 39.0 Å². The van der Waals surface area contributed by atoms with Gasteiger partial charge in [0.05, 0.1) is 0 Å². The van der Waals surface area contributed by atoms with E-state index in [0.717, 1.165) is 27.3 Å². The van der Waals surface area contributed by atoms with Gasteiger partial charge in [0.2, 0.25) is 0 Å². The molecule has 2 N–H and O–H groups in total. The zero-order valence-corrected chi connectivity index (χ0v) is 27.5. The number of benzene rings is 2. The van der Waals surface area contributed by atoms with Gasteiger partial charge in [-0.1, -0.05) is 0 Å². The van der Waals surface area contributed by atoms with E-state index in [9.17, 15) is 23.4 Å². The van der Waals surface area contributed by atoms with Crippen LogP contribution in [0.4, 0.5) is 0 Å².